The molecule has 0 saturated carbocycles. The zero-order chi connectivity index (χ0) is 89.7. The minimum atomic E-state index is -2.08. The van der Waals surface area contributed by atoms with Gasteiger partial charge < -0.3 is 123 Å². The van der Waals surface area contributed by atoms with Gasteiger partial charge >= 0.3 is 5.97 Å². The highest BCUT2D eigenvalue weighted by atomic mass is 16.6. The summed E-state index contributed by atoms with van der Waals surface area (Å²) in [6.45, 7) is 29.0. The highest BCUT2D eigenvalue weighted by Crippen LogP contribution is 2.34. The molecule has 666 valence electrons. The molecule has 0 aromatic rings. The van der Waals surface area contributed by atoms with E-state index in [2.05, 4.69) is 53.2 Å². The summed E-state index contributed by atoms with van der Waals surface area (Å²) in [4.78, 5) is 217. The molecule has 0 unspecified atom stereocenters. The fraction of sp³-hybridized carbons (Fsp3) is 0.808. The molecule has 4 saturated heterocycles. The molecular formula is C78H134N14O25. The van der Waals surface area contributed by atoms with Crippen LogP contribution in [0.25, 0.3) is 0 Å². The van der Waals surface area contributed by atoms with E-state index in [-0.39, 0.29) is 108 Å². The molecule has 39 nitrogen and oxygen atoms in total. The van der Waals surface area contributed by atoms with Gasteiger partial charge in [-0.05, 0) is 177 Å². The van der Waals surface area contributed by atoms with Gasteiger partial charge in [0.05, 0.1) is 13.2 Å². The van der Waals surface area contributed by atoms with E-state index in [4.69, 9.17) is 4.74 Å². The molecule has 4 aliphatic heterocycles. The number of nitrogens with zero attached hydrogens (tertiary/aromatic N) is 4. The number of hydrogen-bond acceptors (Lipinski definition) is 25. The number of ether oxygens (including phenoxy) is 1. The molecule has 117 heavy (non-hydrogen) atoms. The Morgan fingerprint density at radius 1 is 0.393 bits per heavy atom. The Hall–Kier alpha value is -8.31. The van der Waals surface area contributed by atoms with Gasteiger partial charge in [0.1, 0.15) is 124 Å². The first-order valence-electron chi connectivity index (χ1n) is 40.6. The fourth-order valence-corrected chi connectivity index (χ4v) is 14.5. The predicted octanol–water partition coefficient (Wildman–Crippen LogP) is -3.36. The summed E-state index contributed by atoms with van der Waals surface area (Å²) >= 11 is 0. The monoisotopic (exact) mass is 1670 g/mol. The van der Waals surface area contributed by atoms with Crippen LogP contribution in [0.1, 0.15) is 242 Å². The lowest BCUT2D eigenvalue weighted by Gasteiger charge is -2.40. The molecule has 0 aromatic carbocycles. The second kappa shape index (κ2) is 41.1. The van der Waals surface area contributed by atoms with Crippen LogP contribution < -0.4 is 53.2 Å². The average Bonchev–Trinajstić information content (AvgIpc) is 1.70. The molecule has 0 bridgehead atoms. The van der Waals surface area contributed by atoms with Crippen LogP contribution in [0.3, 0.4) is 0 Å². The van der Waals surface area contributed by atoms with Crippen LogP contribution in [0.5, 0.6) is 0 Å². The van der Waals surface area contributed by atoms with E-state index in [0.29, 0.717) is 0 Å². The summed E-state index contributed by atoms with van der Waals surface area (Å²) in [6, 6.07) is -9.83. The normalized spacial score (nSPS) is 23.9. The molecule has 20 atom stereocenters. The third kappa shape index (κ3) is 24.3. The molecule has 0 spiro atoms. The molecule has 4 heterocycles. The smallest absolute Gasteiger partial charge is 0.329 e. The van der Waals surface area contributed by atoms with Gasteiger partial charge in [-0.15, -0.1) is 0 Å². The summed E-state index contributed by atoms with van der Waals surface area (Å²) in [5, 5.41) is 122. The highest BCUT2D eigenvalue weighted by molar-refractivity contribution is 6.04. The van der Waals surface area contributed by atoms with E-state index in [9.17, 15) is 118 Å². The maximum Gasteiger partial charge on any atom is 0.329 e. The lowest BCUT2D eigenvalue weighted by atomic mass is 9.92. The molecule has 4 rings (SSSR count). The molecule has 14 amide bonds. The number of likely N-dealkylation sites (tertiary alicyclic amines) is 4. The van der Waals surface area contributed by atoms with E-state index in [0.717, 1.165) is 19.6 Å². The average molecular weight is 1670 g/mol. The van der Waals surface area contributed by atoms with E-state index in [1.54, 1.807) is 55.4 Å². The van der Waals surface area contributed by atoms with Crippen molar-refractivity contribution >= 4 is 88.7 Å². The highest BCUT2D eigenvalue weighted by Gasteiger charge is 2.55. The van der Waals surface area contributed by atoms with Crippen LogP contribution >= 0.6 is 0 Å². The number of nitrogens with one attached hydrogen (secondary N) is 10. The SMILES string of the molecule is CC[C@H](C)[C@H](NC(=O)[C@@](C)(CC)NC(=O)[C@@H]1CC[C@H](O)N1C(=O)C(C)(C)NC(=O)[C@](C)(CC)NC(=O)C(C)(C)NC(=O)[C@@H]1CC[C@H](O)N1C(=O)[C@](C)(CC)NC(=O)[C@H](CC(C)C)NC(=O)[C@@H]1CC[C@H](O)N1C(=O)[C@@](C)(CC)NC(=O)[C@H](CC(C)C)NC(=O)[C@@H]1CC[C@H](O)N1C(=O)C(C)(C)NC(C)=O)C(=O)O[C@@H]([C@H](O)[C@H](O)CO)[C@H](O)CO. The van der Waals surface area contributed by atoms with Crippen LogP contribution in [0.4, 0.5) is 0 Å². The van der Waals surface area contributed by atoms with Crippen LogP contribution in [0.15, 0.2) is 0 Å². The number of carbonyl (C=O) groups excluding carboxylic acids is 15. The second-order valence-electron chi connectivity index (χ2n) is 34.9. The van der Waals surface area contributed by atoms with Gasteiger partial charge in [-0.3, -0.25) is 67.1 Å². The Labute approximate surface area is 684 Å². The van der Waals surface area contributed by atoms with Crippen molar-refractivity contribution in [2.24, 2.45) is 17.8 Å². The van der Waals surface area contributed by atoms with Gasteiger partial charge in [-0.25, -0.2) is 4.79 Å². The van der Waals surface area contributed by atoms with Crippen LogP contribution in [0, 0.1) is 17.8 Å². The van der Waals surface area contributed by atoms with Gasteiger partial charge in [-0.2, -0.15) is 0 Å². The second-order valence-corrected chi connectivity index (χ2v) is 34.9. The molecule has 39 heteroatoms. The standard InChI is InChI=1S/C78H134N14O25/c1-22-41(10)55(64(109)117-57(50(97)38-94)56(102)49(96)37-93)81-66(111)75(18,23-2)86-63(108)48-30-33-52(99)90(48)69(114)74(16,17)87-67(112)76(19,24-3)88-65(110)72(12,13)83-62(107)47-29-34-54(101)92(47)71(116)78(21,26-5)85-59(104)44(36-40(8)9)80-61(106)46-28-32-53(100)91(46)70(115)77(20,25-4)84-58(103)43(35-39(6)7)79-60(105)45-27-31-51(98)89(45)68(113)73(14,15)82-42(11)95/h39-41,43-57,93-94,96-102H,22-38H2,1-21H3,(H,79,105)(H,80,106)(H,81,111)(H,82,95)(H,83,107)(H,84,103)(H,85,104)(H,86,108)(H,87,112)(H,88,110)/t41-,43-,44-,45-,46-,47-,48-,49+,50+,51-,52-,53-,54-,55-,56+,57+,75+,76-,77+,78-/m0/s1. The third-order valence-electron chi connectivity index (χ3n) is 23.1. The molecule has 0 aromatic heterocycles. The molecule has 4 aliphatic rings. The predicted molar refractivity (Wildman–Crippen MR) is 419 cm³/mol. The zero-order valence-electron chi connectivity index (χ0n) is 71.8. The van der Waals surface area contributed by atoms with Crippen LogP contribution in [-0.4, -0.2) is 298 Å². The van der Waals surface area contributed by atoms with Gasteiger partial charge in [0, 0.05) is 6.92 Å². The number of aliphatic hydroxyl groups is 9. The van der Waals surface area contributed by atoms with Gasteiger partial charge in [0.15, 0.2) is 6.10 Å². The first-order chi connectivity index (χ1) is 53.9. The lowest BCUT2D eigenvalue weighted by Crippen LogP contribution is -2.69. The maximum absolute atomic E-state index is 15.0. The molecule has 19 N–H and O–H groups in total. The number of rotatable bonds is 40. The van der Waals surface area contributed by atoms with Crippen LogP contribution in [0.2, 0.25) is 0 Å². The Morgan fingerprint density at radius 2 is 0.735 bits per heavy atom. The van der Waals surface area contributed by atoms with Crippen molar-refractivity contribution in [2.75, 3.05) is 13.2 Å². The third-order valence-corrected chi connectivity index (χ3v) is 23.1. The number of amides is 14. The Kier molecular flexibility index (Phi) is 35.5. The largest absolute Gasteiger partial charge is 0.455 e. The van der Waals surface area contributed by atoms with E-state index < -0.39 is 238 Å². The van der Waals surface area contributed by atoms with Gasteiger partial charge in [0.25, 0.3) is 11.8 Å². The van der Waals surface area contributed by atoms with E-state index in [1.807, 2.05) is 0 Å². The Morgan fingerprint density at radius 3 is 1.08 bits per heavy atom. The topological polar surface area (TPSA) is 581 Å². The number of hydrogen-bond donors (Lipinski definition) is 19. The lowest BCUT2D eigenvalue weighted by molar-refractivity contribution is -0.181. The Bertz CT molecular complexity index is 3600. The Balaban J connectivity index is 1.49. The van der Waals surface area contributed by atoms with E-state index in [1.165, 1.54) is 90.0 Å². The van der Waals surface area contributed by atoms with E-state index >= 15 is 0 Å². The number of aliphatic hydroxyl groups excluding tert-OH is 9. The van der Waals surface area contributed by atoms with Crippen molar-refractivity contribution in [3.63, 3.8) is 0 Å². The summed E-state index contributed by atoms with van der Waals surface area (Å²) in [7, 11) is 0. The summed E-state index contributed by atoms with van der Waals surface area (Å²) in [5.74, 6) is -14.6. The van der Waals surface area contributed by atoms with Crippen molar-refractivity contribution in [2.45, 2.75) is 372 Å². The number of esters is 1. The van der Waals surface area contributed by atoms with Gasteiger partial charge in [-0.1, -0.05) is 75.7 Å². The van der Waals surface area contributed by atoms with Crippen molar-refractivity contribution in [1.29, 1.82) is 0 Å². The minimum Gasteiger partial charge on any atom is -0.455 e. The van der Waals surface area contributed by atoms with Crippen LogP contribution in [-0.2, 0) is 76.7 Å². The quantitative estimate of drug-likeness (QED) is 0.0266. The van der Waals surface area contributed by atoms with Crippen molar-refractivity contribution in [3.8, 4) is 0 Å². The summed E-state index contributed by atoms with van der Waals surface area (Å²) in [6.07, 6.45) is -15.0. The molecule has 0 aliphatic carbocycles. The minimum absolute atomic E-state index is 0.0145. The zero-order valence-corrected chi connectivity index (χ0v) is 71.8. The van der Waals surface area contributed by atoms with Gasteiger partial charge in [0.2, 0.25) is 70.9 Å². The molecule has 4 fully saturated rings. The fourth-order valence-electron chi connectivity index (χ4n) is 14.5. The first-order valence-corrected chi connectivity index (χ1v) is 40.6. The maximum atomic E-state index is 15.0. The molecular weight excluding hydrogens is 1530 g/mol. The van der Waals surface area contributed by atoms with Crippen molar-refractivity contribution in [1.82, 2.24) is 72.8 Å². The van der Waals surface area contributed by atoms with Crippen molar-refractivity contribution < 1.29 is 123 Å². The first kappa shape index (κ1) is 101. The molecule has 0 radical (unpaired) electrons. The number of carbonyl (C=O) groups is 15. The van der Waals surface area contributed by atoms with Crippen molar-refractivity contribution in [3.05, 3.63) is 0 Å². The summed E-state index contributed by atoms with van der Waals surface area (Å²) < 4.78 is 5.32. The summed E-state index contributed by atoms with van der Waals surface area (Å²) in [5.41, 5.74) is -12.8.